The van der Waals surface area contributed by atoms with Crippen LogP contribution in [0.2, 0.25) is 0 Å². The zero-order valence-electron chi connectivity index (χ0n) is 8.36. The Balaban J connectivity index is 2.84. The van der Waals surface area contributed by atoms with Crippen molar-refractivity contribution in [1.82, 2.24) is 4.57 Å². The fraction of sp³-hybridized carbons (Fsp3) is 0.111. The Morgan fingerprint density at radius 1 is 1.44 bits per heavy atom. The minimum atomic E-state index is 0.828. The monoisotopic (exact) mass is 249 g/mol. The van der Waals surface area contributed by atoms with Gasteiger partial charge >= 0.3 is 0 Å². The molecule has 0 aliphatic carbocycles. The first kappa shape index (κ1) is 12.3. The molecule has 0 amide bonds. The van der Waals surface area contributed by atoms with Crippen molar-refractivity contribution >= 4 is 41.8 Å². The summed E-state index contributed by atoms with van der Waals surface area (Å²) in [6.07, 6.45) is 3.17. The summed E-state index contributed by atoms with van der Waals surface area (Å²) in [6.45, 7) is 0. The highest BCUT2D eigenvalue weighted by Crippen LogP contribution is 2.05. The van der Waals surface area contributed by atoms with Gasteiger partial charge in [-0.1, -0.05) is 5.10 Å². The third-order valence-electron chi connectivity index (χ3n) is 1.77. The molecule has 1 heterocycles. The average Bonchev–Trinajstić information content (AvgIpc) is 2.62. The molecular weight excluding hydrogens is 242 g/mol. The van der Waals surface area contributed by atoms with E-state index in [4.69, 9.17) is 5.26 Å². The van der Waals surface area contributed by atoms with Crippen LogP contribution in [-0.4, -0.2) is 22.2 Å². The van der Waals surface area contributed by atoms with E-state index in [9.17, 15) is 0 Å². The molecular formula is C9H7N5S2. The van der Waals surface area contributed by atoms with E-state index in [1.54, 1.807) is 12.4 Å². The van der Waals surface area contributed by atoms with Gasteiger partial charge in [-0.05, 0) is 24.4 Å². The maximum absolute atomic E-state index is 8.30. The third-order valence-corrected chi connectivity index (χ3v) is 2.14. The first-order valence-corrected chi connectivity index (χ1v) is 5.32. The van der Waals surface area contributed by atoms with Crippen molar-refractivity contribution in [3.8, 4) is 5.40 Å². The number of isothiocyanates is 1. The lowest BCUT2D eigenvalue weighted by molar-refractivity contribution is 0.909. The molecule has 0 aliphatic rings. The summed E-state index contributed by atoms with van der Waals surface area (Å²) in [5.41, 5.74) is 1.73. The Bertz CT molecular complexity index is 502. The van der Waals surface area contributed by atoms with Crippen LogP contribution in [-0.2, 0) is 7.05 Å². The van der Waals surface area contributed by atoms with Gasteiger partial charge in [0.25, 0.3) is 0 Å². The van der Waals surface area contributed by atoms with E-state index in [2.05, 4.69) is 32.0 Å². The topological polar surface area (TPSA) is 65.8 Å². The van der Waals surface area contributed by atoms with Crippen LogP contribution in [0.4, 0.5) is 0 Å². The van der Waals surface area contributed by atoms with Gasteiger partial charge in [-0.2, -0.15) is 5.26 Å². The van der Waals surface area contributed by atoms with Crippen LogP contribution in [0.1, 0.15) is 11.4 Å². The maximum Gasteiger partial charge on any atom is 0.157 e. The summed E-state index contributed by atoms with van der Waals surface area (Å²) in [7, 11) is 1.86. The molecule has 0 fully saturated rings. The Morgan fingerprint density at radius 3 is 2.75 bits per heavy atom. The molecule has 0 unspecified atom stereocenters. The molecule has 0 radical (unpaired) electrons. The summed E-state index contributed by atoms with van der Waals surface area (Å²) in [5.74, 6) is 0. The number of aromatic nitrogens is 1. The molecule has 1 rings (SSSR count). The Kier molecular flexibility index (Phi) is 5.16. The van der Waals surface area contributed by atoms with Crippen molar-refractivity contribution < 1.29 is 0 Å². The Labute approximate surface area is 102 Å². The van der Waals surface area contributed by atoms with Crippen molar-refractivity contribution in [3.05, 3.63) is 23.5 Å². The van der Waals surface area contributed by atoms with Crippen LogP contribution in [0.15, 0.2) is 26.7 Å². The molecule has 0 aromatic carbocycles. The lowest BCUT2D eigenvalue weighted by atomic mass is 10.4. The minimum Gasteiger partial charge on any atom is -0.342 e. The van der Waals surface area contributed by atoms with Gasteiger partial charge in [-0.25, -0.2) is 4.40 Å². The Morgan fingerprint density at radius 2 is 2.12 bits per heavy atom. The van der Waals surface area contributed by atoms with Crippen LogP contribution in [0.3, 0.4) is 0 Å². The van der Waals surface area contributed by atoms with Crippen LogP contribution >= 0.6 is 24.2 Å². The largest absolute Gasteiger partial charge is 0.342 e. The fourth-order valence-corrected chi connectivity index (χ4v) is 1.27. The number of hydrogen-bond acceptors (Lipinski definition) is 6. The number of nitrogens with zero attached hydrogens (tertiary/aromatic N) is 5. The molecule has 0 spiro atoms. The predicted molar refractivity (Wildman–Crippen MR) is 68.8 cm³/mol. The van der Waals surface area contributed by atoms with Crippen molar-refractivity contribution in [1.29, 1.82) is 5.26 Å². The molecule has 0 bridgehead atoms. The number of nitriles is 1. The quantitative estimate of drug-likeness (QED) is 0.269. The zero-order valence-corrected chi connectivity index (χ0v) is 9.99. The van der Waals surface area contributed by atoms with E-state index >= 15 is 0 Å². The smallest absolute Gasteiger partial charge is 0.157 e. The van der Waals surface area contributed by atoms with E-state index in [-0.39, 0.29) is 0 Å². The second-order valence-electron chi connectivity index (χ2n) is 2.60. The normalized spacial score (nSPS) is 10.5. The van der Waals surface area contributed by atoms with E-state index in [1.165, 1.54) is 0 Å². The summed E-state index contributed by atoms with van der Waals surface area (Å²) in [4.78, 5) is 0. The van der Waals surface area contributed by atoms with Gasteiger partial charge in [0, 0.05) is 7.05 Å². The minimum absolute atomic E-state index is 0.828. The summed E-state index contributed by atoms with van der Waals surface area (Å²) >= 11 is 5.21. The van der Waals surface area contributed by atoms with Gasteiger partial charge < -0.3 is 4.57 Å². The standard InChI is InChI=1S/C9H7N5S2/c1-14-8(4-11-12-7-15)2-3-9(14)5-13-16-6-10/h2-5H,1H3/b11-4?,13-5+. The molecule has 1 aromatic rings. The highest BCUT2D eigenvalue weighted by Gasteiger charge is 1.99. The maximum atomic E-state index is 8.30. The van der Waals surface area contributed by atoms with E-state index in [0.717, 1.165) is 23.3 Å². The van der Waals surface area contributed by atoms with Gasteiger partial charge in [0.2, 0.25) is 0 Å². The second-order valence-corrected chi connectivity index (χ2v) is 3.35. The molecule has 0 saturated heterocycles. The first-order chi connectivity index (χ1) is 7.79. The van der Waals surface area contributed by atoms with Gasteiger partial charge in [-0.3, -0.25) is 0 Å². The van der Waals surface area contributed by atoms with Gasteiger partial charge in [0.05, 0.1) is 40.9 Å². The molecule has 1 aromatic heterocycles. The molecule has 0 N–H and O–H groups in total. The highest BCUT2D eigenvalue weighted by atomic mass is 32.2. The summed E-state index contributed by atoms with van der Waals surface area (Å²) in [6, 6.07) is 3.73. The molecule has 16 heavy (non-hydrogen) atoms. The second kappa shape index (κ2) is 6.69. The molecule has 0 saturated carbocycles. The number of thiocarbonyl (C=S) groups is 1. The lowest BCUT2D eigenvalue weighted by Crippen LogP contribution is -1.99. The average molecular weight is 249 g/mol. The lowest BCUT2D eigenvalue weighted by Gasteiger charge is -1.98. The van der Waals surface area contributed by atoms with E-state index < -0.39 is 0 Å². The van der Waals surface area contributed by atoms with Crippen LogP contribution in [0, 0.1) is 10.7 Å². The molecule has 0 aliphatic heterocycles. The van der Waals surface area contributed by atoms with E-state index in [1.807, 2.05) is 29.1 Å². The number of rotatable bonds is 4. The zero-order chi connectivity index (χ0) is 11.8. The van der Waals surface area contributed by atoms with Crippen molar-refractivity contribution in [2.75, 3.05) is 0 Å². The van der Waals surface area contributed by atoms with Crippen LogP contribution in [0.25, 0.3) is 0 Å². The number of hydrogen-bond donors (Lipinski definition) is 0. The molecule has 5 nitrogen and oxygen atoms in total. The van der Waals surface area contributed by atoms with Crippen LogP contribution in [0.5, 0.6) is 0 Å². The van der Waals surface area contributed by atoms with Gasteiger partial charge in [0.15, 0.2) is 5.40 Å². The number of thiocyanates is 1. The van der Waals surface area contributed by atoms with Crippen LogP contribution < -0.4 is 0 Å². The first-order valence-electron chi connectivity index (χ1n) is 4.14. The molecule has 7 heteroatoms. The summed E-state index contributed by atoms with van der Waals surface area (Å²) < 4.78 is 5.71. The molecule has 0 atom stereocenters. The fourth-order valence-electron chi connectivity index (χ4n) is 1.02. The Hall–Kier alpha value is -1.74. The van der Waals surface area contributed by atoms with Gasteiger partial charge in [0.1, 0.15) is 0 Å². The van der Waals surface area contributed by atoms with Gasteiger partial charge in [-0.15, -0.1) is 5.10 Å². The van der Waals surface area contributed by atoms with Crippen molar-refractivity contribution in [3.63, 3.8) is 0 Å². The SMILES string of the molecule is Cn1c(C=NN=C=S)ccc1/C=N/SC#N. The molecule has 80 valence electrons. The predicted octanol–water partition coefficient (Wildman–Crippen LogP) is 2.01. The van der Waals surface area contributed by atoms with E-state index in [0.29, 0.717) is 0 Å². The summed E-state index contributed by atoms with van der Waals surface area (Å²) in [5, 5.41) is 19.4. The van der Waals surface area contributed by atoms with Crippen molar-refractivity contribution in [2.24, 2.45) is 21.6 Å². The third kappa shape index (κ3) is 3.44. The highest BCUT2D eigenvalue weighted by molar-refractivity contribution is 8.02. The van der Waals surface area contributed by atoms with Crippen molar-refractivity contribution in [2.45, 2.75) is 0 Å².